The first kappa shape index (κ1) is 15.5. The highest BCUT2D eigenvalue weighted by Crippen LogP contribution is 2.23. The number of anilines is 1. The van der Waals surface area contributed by atoms with E-state index in [0.29, 0.717) is 10.8 Å². The third kappa shape index (κ3) is 4.31. The van der Waals surface area contributed by atoms with Gasteiger partial charge in [0.05, 0.1) is 0 Å². The van der Waals surface area contributed by atoms with Crippen LogP contribution in [0.25, 0.3) is 10.6 Å². The Morgan fingerprint density at radius 3 is 2.52 bits per heavy atom. The average molecular weight is 345 g/mol. The smallest absolute Gasteiger partial charge is 0.262 e. The molecule has 0 spiro atoms. The summed E-state index contributed by atoms with van der Waals surface area (Å²) in [4.78, 5) is 16.1. The number of nitrogens with zero attached hydrogens (tertiary/aromatic N) is 1. The second-order valence-corrected chi connectivity index (χ2v) is 6.04. The Labute approximate surface area is 142 Å². The number of carbonyl (C=O) groups is 1. The second-order valence-electron chi connectivity index (χ2n) is 4.71. The number of ether oxygens (including phenoxy) is 1. The van der Waals surface area contributed by atoms with E-state index in [4.69, 9.17) is 16.3 Å². The third-order valence-electron chi connectivity index (χ3n) is 3.03. The maximum Gasteiger partial charge on any atom is 0.262 e. The van der Waals surface area contributed by atoms with Crippen LogP contribution in [0.4, 0.5) is 5.69 Å². The van der Waals surface area contributed by atoms with E-state index >= 15 is 0 Å². The number of hydrogen-bond donors (Lipinski definition) is 1. The quantitative estimate of drug-likeness (QED) is 0.742. The van der Waals surface area contributed by atoms with Crippen LogP contribution in [0.5, 0.6) is 5.75 Å². The van der Waals surface area contributed by atoms with E-state index < -0.39 is 0 Å². The number of benzene rings is 2. The molecule has 0 aliphatic rings. The van der Waals surface area contributed by atoms with Gasteiger partial charge in [-0.05, 0) is 48.5 Å². The van der Waals surface area contributed by atoms with Crippen molar-refractivity contribution in [1.82, 2.24) is 4.98 Å². The first-order valence-electron chi connectivity index (χ1n) is 6.89. The number of amides is 1. The molecule has 1 aromatic heterocycles. The van der Waals surface area contributed by atoms with Gasteiger partial charge < -0.3 is 10.1 Å². The molecule has 0 aliphatic heterocycles. The van der Waals surface area contributed by atoms with Gasteiger partial charge in [-0.15, -0.1) is 11.3 Å². The third-order valence-corrected chi connectivity index (χ3v) is 4.11. The summed E-state index contributed by atoms with van der Waals surface area (Å²) in [6.07, 6.45) is 1.77. The standard InChI is InChI=1S/C17H13ClN2O2S/c18-13-3-7-15(8-4-13)22-11-16(21)20-14-5-1-12(2-6-14)17-19-9-10-23-17/h1-10H,11H2,(H,20,21). The molecule has 0 atom stereocenters. The van der Waals surface area contributed by atoms with Gasteiger partial charge >= 0.3 is 0 Å². The van der Waals surface area contributed by atoms with E-state index in [0.717, 1.165) is 16.3 Å². The lowest BCUT2D eigenvalue weighted by Gasteiger charge is -2.08. The zero-order valence-electron chi connectivity index (χ0n) is 12.0. The molecule has 0 radical (unpaired) electrons. The Kier molecular flexibility index (Phi) is 4.90. The summed E-state index contributed by atoms with van der Waals surface area (Å²) in [7, 11) is 0. The van der Waals surface area contributed by atoms with Crippen molar-refractivity contribution >= 4 is 34.5 Å². The fraction of sp³-hybridized carbons (Fsp3) is 0.0588. The van der Waals surface area contributed by atoms with Crippen molar-refractivity contribution < 1.29 is 9.53 Å². The van der Waals surface area contributed by atoms with Crippen molar-refractivity contribution in [2.75, 3.05) is 11.9 Å². The number of halogens is 1. The molecule has 3 aromatic rings. The Morgan fingerprint density at radius 1 is 1.13 bits per heavy atom. The number of aromatic nitrogens is 1. The predicted molar refractivity (Wildman–Crippen MR) is 93.1 cm³/mol. The first-order valence-corrected chi connectivity index (χ1v) is 8.14. The minimum Gasteiger partial charge on any atom is -0.484 e. The lowest BCUT2D eigenvalue weighted by molar-refractivity contribution is -0.118. The SMILES string of the molecule is O=C(COc1ccc(Cl)cc1)Nc1ccc(-c2nccs2)cc1. The molecule has 4 nitrogen and oxygen atoms in total. The Morgan fingerprint density at radius 2 is 1.87 bits per heavy atom. The number of rotatable bonds is 5. The van der Waals surface area contributed by atoms with Crippen molar-refractivity contribution in [2.45, 2.75) is 0 Å². The van der Waals surface area contributed by atoms with Crippen LogP contribution in [0.1, 0.15) is 0 Å². The summed E-state index contributed by atoms with van der Waals surface area (Å²) in [6.45, 7) is -0.0597. The van der Waals surface area contributed by atoms with Crippen molar-refractivity contribution in [2.24, 2.45) is 0 Å². The van der Waals surface area contributed by atoms with Gasteiger partial charge in [0.15, 0.2) is 6.61 Å². The van der Waals surface area contributed by atoms with Gasteiger partial charge in [0.25, 0.3) is 5.91 Å². The van der Waals surface area contributed by atoms with Crippen molar-refractivity contribution in [3.63, 3.8) is 0 Å². The highest BCUT2D eigenvalue weighted by molar-refractivity contribution is 7.13. The van der Waals surface area contributed by atoms with Gasteiger partial charge in [-0.3, -0.25) is 4.79 Å². The molecule has 0 saturated heterocycles. The lowest BCUT2D eigenvalue weighted by Crippen LogP contribution is -2.20. The zero-order chi connectivity index (χ0) is 16.1. The summed E-state index contributed by atoms with van der Waals surface area (Å²) in [6, 6.07) is 14.4. The molecule has 23 heavy (non-hydrogen) atoms. The van der Waals surface area contributed by atoms with Crippen LogP contribution in [0, 0.1) is 0 Å². The molecule has 2 aromatic carbocycles. The van der Waals surface area contributed by atoms with Gasteiger partial charge in [-0.25, -0.2) is 4.98 Å². The molecule has 0 saturated carbocycles. The van der Waals surface area contributed by atoms with E-state index in [1.807, 2.05) is 29.6 Å². The maximum atomic E-state index is 11.9. The number of nitrogens with one attached hydrogen (secondary N) is 1. The summed E-state index contributed by atoms with van der Waals surface area (Å²) in [5.41, 5.74) is 1.74. The summed E-state index contributed by atoms with van der Waals surface area (Å²) >= 11 is 7.37. The minimum atomic E-state index is -0.220. The summed E-state index contributed by atoms with van der Waals surface area (Å²) < 4.78 is 5.40. The van der Waals surface area contributed by atoms with Gasteiger partial charge in [0, 0.05) is 27.9 Å². The number of carbonyl (C=O) groups excluding carboxylic acids is 1. The molecule has 3 rings (SSSR count). The number of hydrogen-bond acceptors (Lipinski definition) is 4. The predicted octanol–water partition coefficient (Wildman–Crippen LogP) is 4.48. The Hall–Kier alpha value is -2.37. The zero-order valence-corrected chi connectivity index (χ0v) is 13.6. The summed E-state index contributed by atoms with van der Waals surface area (Å²) in [5, 5.41) is 6.30. The minimum absolute atomic E-state index is 0.0597. The van der Waals surface area contributed by atoms with E-state index in [9.17, 15) is 4.79 Å². The van der Waals surface area contributed by atoms with E-state index in [-0.39, 0.29) is 12.5 Å². The van der Waals surface area contributed by atoms with E-state index in [1.165, 1.54) is 0 Å². The highest BCUT2D eigenvalue weighted by atomic mass is 35.5. The molecule has 116 valence electrons. The monoisotopic (exact) mass is 344 g/mol. The van der Waals surface area contributed by atoms with Gasteiger partial charge in [0.1, 0.15) is 10.8 Å². The molecule has 0 aliphatic carbocycles. The molecular formula is C17H13ClN2O2S. The number of thiazole rings is 1. The van der Waals surface area contributed by atoms with Crippen LogP contribution in [-0.4, -0.2) is 17.5 Å². The Balaban J connectivity index is 1.54. The van der Waals surface area contributed by atoms with Crippen LogP contribution in [-0.2, 0) is 4.79 Å². The fourth-order valence-corrected chi connectivity index (χ4v) is 2.71. The normalized spacial score (nSPS) is 10.3. The fourth-order valence-electron chi connectivity index (χ4n) is 1.94. The molecule has 1 heterocycles. The van der Waals surface area contributed by atoms with Crippen LogP contribution >= 0.6 is 22.9 Å². The largest absolute Gasteiger partial charge is 0.484 e. The van der Waals surface area contributed by atoms with Crippen LogP contribution in [0.2, 0.25) is 5.02 Å². The van der Waals surface area contributed by atoms with Crippen LogP contribution in [0.15, 0.2) is 60.1 Å². The highest BCUT2D eigenvalue weighted by Gasteiger charge is 2.05. The average Bonchev–Trinajstić information content (AvgIpc) is 3.09. The molecular weight excluding hydrogens is 332 g/mol. The van der Waals surface area contributed by atoms with Crippen molar-refractivity contribution in [1.29, 1.82) is 0 Å². The molecule has 6 heteroatoms. The van der Waals surface area contributed by atoms with E-state index in [1.54, 1.807) is 41.8 Å². The Bertz CT molecular complexity index is 771. The summed E-state index contributed by atoms with van der Waals surface area (Å²) in [5.74, 6) is 0.380. The van der Waals surface area contributed by atoms with Crippen LogP contribution < -0.4 is 10.1 Å². The topological polar surface area (TPSA) is 51.2 Å². The molecule has 0 fully saturated rings. The molecule has 0 unspecified atom stereocenters. The van der Waals surface area contributed by atoms with Crippen LogP contribution in [0.3, 0.4) is 0 Å². The van der Waals surface area contributed by atoms with E-state index in [2.05, 4.69) is 10.3 Å². The molecule has 1 N–H and O–H groups in total. The maximum absolute atomic E-state index is 11.9. The lowest BCUT2D eigenvalue weighted by atomic mass is 10.2. The molecule has 0 bridgehead atoms. The first-order chi connectivity index (χ1) is 11.2. The second kappa shape index (κ2) is 7.26. The van der Waals surface area contributed by atoms with Gasteiger partial charge in [-0.2, -0.15) is 0 Å². The van der Waals surface area contributed by atoms with Crippen molar-refractivity contribution in [3.8, 4) is 16.3 Å². The van der Waals surface area contributed by atoms with Gasteiger partial charge in [-0.1, -0.05) is 11.6 Å². The molecule has 1 amide bonds. The van der Waals surface area contributed by atoms with Gasteiger partial charge in [0.2, 0.25) is 0 Å². The van der Waals surface area contributed by atoms with Crippen molar-refractivity contribution in [3.05, 3.63) is 65.1 Å².